The van der Waals surface area contributed by atoms with Gasteiger partial charge in [0, 0.05) is 18.2 Å². The Bertz CT molecular complexity index is 620. The maximum Gasteiger partial charge on any atom is 0.240 e. The zero-order valence-corrected chi connectivity index (χ0v) is 15.2. The fraction of sp³-hybridized carbons (Fsp3) is 0.611. The summed E-state index contributed by atoms with van der Waals surface area (Å²) in [6.45, 7) is 2.10. The van der Waals surface area contributed by atoms with E-state index in [9.17, 15) is 13.2 Å². The summed E-state index contributed by atoms with van der Waals surface area (Å²) in [5, 5.41) is 2.81. The van der Waals surface area contributed by atoms with Crippen molar-refractivity contribution in [3.8, 4) is 0 Å². The molecule has 24 heavy (non-hydrogen) atoms. The van der Waals surface area contributed by atoms with Crippen molar-refractivity contribution < 1.29 is 13.2 Å². The molecule has 1 aromatic carbocycles. The summed E-state index contributed by atoms with van der Waals surface area (Å²) in [7, 11) is -3.49. The van der Waals surface area contributed by atoms with E-state index < -0.39 is 10.0 Å². The van der Waals surface area contributed by atoms with Gasteiger partial charge in [-0.3, -0.25) is 4.79 Å². The summed E-state index contributed by atoms with van der Waals surface area (Å²) in [5.74, 6) is -0.0283. The van der Waals surface area contributed by atoms with Crippen molar-refractivity contribution in [1.82, 2.24) is 4.72 Å². The Morgan fingerprint density at radius 1 is 1.08 bits per heavy atom. The summed E-state index contributed by atoms with van der Waals surface area (Å²) in [6.07, 6.45) is 8.65. The fourth-order valence-corrected chi connectivity index (χ4v) is 4.29. The molecular formula is C18H28N2O3S. The Labute approximate surface area is 145 Å². The molecule has 1 amide bonds. The van der Waals surface area contributed by atoms with Crippen molar-refractivity contribution >= 4 is 21.6 Å². The highest BCUT2D eigenvalue weighted by molar-refractivity contribution is 7.89. The summed E-state index contributed by atoms with van der Waals surface area (Å²) in [6, 6.07) is 6.43. The minimum Gasteiger partial charge on any atom is -0.326 e. The molecule has 0 aromatic heterocycles. The molecule has 0 aliphatic heterocycles. The Morgan fingerprint density at radius 2 is 1.75 bits per heavy atom. The Kier molecular flexibility index (Phi) is 7.24. The summed E-state index contributed by atoms with van der Waals surface area (Å²) in [5.41, 5.74) is 0.633. The van der Waals surface area contributed by atoms with E-state index in [4.69, 9.17) is 0 Å². The minimum absolute atomic E-state index is 0.0283. The molecule has 0 radical (unpaired) electrons. The van der Waals surface area contributed by atoms with Crippen LogP contribution in [0.3, 0.4) is 0 Å². The van der Waals surface area contributed by atoms with Gasteiger partial charge in [-0.05, 0) is 43.5 Å². The molecule has 1 fully saturated rings. The second kappa shape index (κ2) is 9.18. The van der Waals surface area contributed by atoms with Crippen LogP contribution in [0.1, 0.15) is 64.7 Å². The number of benzene rings is 1. The van der Waals surface area contributed by atoms with Crippen LogP contribution in [0.2, 0.25) is 0 Å². The minimum atomic E-state index is -3.49. The van der Waals surface area contributed by atoms with Gasteiger partial charge >= 0.3 is 0 Å². The molecule has 0 unspecified atom stereocenters. The lowest BCUT2D eigenvalue weighted by Crippen LogP contribution is -2.36. The van der Waals surface area contributed by atoms with E-state index in [0.29, 0.717) is 12.1 Å². The van der Waals surface area contributed by atoms with Crippen molar-refractivity contribution in [2.75, 3.05) is 5.32 Å². The number of nitrogens with one attached hydrogen (secondary N) is 2. The third kappa shape index (κ3) is 5.91. The maximum atomic E-state index is 12.4. The average molecular weight is 353 g/mol. The normalized spacial score (nSPS) is 16.0. The first kappa shape index (κ1) is 18.9. The van der Waals surface area contributed by atoms with Crippen LogP contribution in [0.25, 0.3) is 0 Å². The second-order valence-electron chi connectivity index (χ2n) is 6.49. The number of carbonyl (C=O) groups is 1. The number of hydrogen-bond acceptors (Lipinski definition) is 3. The summed E-state index contributed by atoms with van der Waals surface area (Å²) < 4.78 is 27.6. The number of unbranched alkanes of at least 4 members (excludes halogenated alkanes) is 2. The molecule has 0 bridgehead atoms. The second-order valence-corrected chi connectivity index (χ2v) is 8.20. The number of hydrogen-bond donors (Lipinski definition) is 2. The van der Waals surface area contributed by atoms with Gasteiger partial charge in [0.15, 0.2) is 0 Å². The third-order valence-electron chi connectivity index (χ3n) is 4.38. The standard InChI is InChI=1S/C18H28N2O3S/c1-2-3-5-10-18(21)19-15-11-13-17(14-12-15)24(22,23)20-16-8-6-4-7-9-16/h11-14,16,20H,2-10H2,1H3,(H,19,21). The smallest absolute Gasteiger partial charge is 0.240 e. The van der Waals surface area contributed by atoms with Gasteiger partial charge in [-0.2, -0.15) is 0 Å². The van der Waals surface area contributed by atoms with E-state index in [2.05, 4.69) is 17.0 Å². The Hall–Kier alpha value is -1.40. The molecule has 0 heterocycles. The van der Waals surface area contributed by atoms with Crippen molar-refractivity contribution in [1.29, 1.82) is 0 Å². The van der Waals surface area contributed by atoms with Gasteiger partial charge in [-0.1, -0.05) is 39.0 Å². The molecule has 0 atom stereocenters. The molecular weight excluding hydrogens is 324 g/mol. The number of amides is 1. The lowest BCUT2D eigenvalue weighted by Gasteiger charge is -2.22. The molecule has 0 spiro atoms. The van der Waals surface area contributed by atoms with Crippen LogP contribution in [0.15, 0.2) is 29.2 Å². The Morgan fingerprint density at radius 3 is 2.38 bits per heavy atom. The number of rotatable bonds is 8. The van der Waals surface area contributed by atoms with E-state index in [0.717, 1.165) is 44.9 Å². The van der Waals surface area contributed by atoms with Crippen LogP contribution in [0.4, 0.5) is 5.69 Å². The van der Waals surface area contributed by atoms with Crippen LogP contribution in [0.5, 0.6) is 0 Å². The molecule has 1 saturated carbocycles. The van der Waals surface area contributed by atoms with Crippen molar-refractivity contribution in [2.45, 2.75) is 75.6 Å². The van der Waals surface area contributed by atoms with Crippen LogP contribution in [-0.2, 0) is 14.8 Å². The molecule has 2 rings (SSSR count). The highest BCUT2D eigenvalue weighted by atomic mass is 32.2. The van der Waals surface area contributed by atoms with Gasteiger partial charge in [0.2, 0.25) is 15.9 Å². The average Bonchev–Trinajstić information content (AvgIpc) is 2.56. The molecule has 2 N–H and O–H groups in total. The molecule has 1 aliphatic rings. The molecule has 134 valence electrons. The molecule has 1 aromatic rings. The van der Waals surface area contributed by atoms with Gasteiger partial charge < -0.3 is 5.32 Å². The third-order valence-corrected chi connectivity index (χ3v) is 5.92. The SMILES string of the molecule is CCCCCC(=O)Nc1ccc(S(=O)(=O)NC2CCCCC2)cc1. The first-order valence-electron chi connectivity index (χ1n) is 8.93. The van der Waals surface area contributed by atoms with Crippen LogP contribution in [0, 0.1) is 0 Å². The maximum absolute atomic E-state index is 12.4. The van der Waals surface area contributed by atoms with Crippen LogP contribution >= 0.6 is 0 Å². The first-order valence-corrected chi connectivity index (χ1v) is 10.4. The topological polar surface area (TPSA) is 75.3 Å². The van der Waals surface area contributed by atoms with E-state index in [1.165, 1.54) is 6.42 Å². The number of anilines is 1. The lowest BCUT2D eigenvalue weighted by atomic mass is 9.96. The molecule has 6 heteroatoms. The molecule has 5 nitrogen and oxygen atoms in total. The van der Waals surface area contributed by atoms with Gasteiger partial charge in [-0.15, -0.1) is 0 Å². The Balaban J connectivity index is 1.91. The molecule has 0 saturated heterocycles. The van der Waals surface area contributed by atoms with E-state index >= 15 is 0 Å². The van der Waals surface area contributed by atoms with Gasteiger partial charge in [-0.25, -0.2) is 13.1 Å². The fourth-order valence-electron chi connectivity index (χ4n) is 2.98. The predicted octanol–water partition coefficient (Wildman–Crippen LogP) is 3.82. The van der Waals surface area contributed by atoms with Crippen molar-refractivity contribution in [3.05, 3.63) is 24.3 Å². The first-order chi connectivity index (χ1) is 11.5. The van der Waals surface area contributed by atoms with Crippen LogP contribution in [-0.4, -0.2) is 20.4 Å². The van der Waals surface area contributed by atoms with Gasteiger partial charge in [0.25, 0.3) is 0 Å². The van der Waals surface area contributed by atoms with Crippen molar-refractivity contribution in [2.24, 2.45) is 0 Å². The predicted molar refractivity (Wildman–Crippen MR) is 96.4 cm³/mol. The van der Waals surface area contributed by atoms with Crippen molar-refractivity contribution in [3.63, 3.8) is 0 Å². The highest BCUT2D eigenvalue weighted by Gasteiger charge is 2.21. The number of carbonyl (C=O) groups excluding carboxylic acids is 1. The molecule has 1 aliphatic carbocycles. The van der Waals surface area contributed by atoms with E-state index in [-0.39, 0.29) is 16.8 Å². The van der Waals surface area contributed by atoms with E-state index in [1.54, 1.807) is 24.3 Å². The monoisotopic (exact) mass is 352 g/mol. The zero-order valence-electron chi connectivity index (χ0n) is 14.4. The van der Waals surface area contributed by atoms with E-state index in [1.807, 2.05) is 0 Å². The van der Waals surface area contributed by atoms with Gasteiger partial charge in [0.1, 0.15) is 0 Å². The number of sulfonamides is 1. The summed E-state index contributed by atoms with van der Waals surface area (Å²) >= 11 is 0. The zero-order chi connectivity index (χ0) is 17.4. The largest absolute Gasteiger partial charge is 0.326 e. The summed E-state index contributed by atoms with van der Waals surface area (Å²) in [4.78, 5) is 12.0. The van der Waals surface area contributed by atoms with Gasteiger partial charge in [0.05, 0.1) is 4.90 Å². The van der Waals surface area contributed by atoms with Crippen LogP contribution < -0.4 is 10.0 Å². The quantitative estimate of drug-likeness (QED) is 0.699. The highest BCUT2D eigenvalue weighted by Crippen LogP contribution is 2.21. The lowest BCUT2D eigenvalue weighted by molar-refractivity contribution is -0.116.